The summed E-state index contributed by atoms with van der Waals surface area (Å²) < 4.78 is 22.5. The molecule has 0 aromatic carbocycles. The van der Waals surface area contributed by atoms with E-state index in [1.807, 2.05) is 20.8 Å². The van der Waals surface area contributed by atoms with E-state index in [2.05, 4.69) is 5.32 Å². The minimum atomic E-state index is -3.18. The van der Waals surface area contributed by atoms with E-state index in [1.165, 1.54) is 0 Å². The summed E-state index contributed by atoms with van der Waals surface area (Å²) in [6.45, 7) is 5.75. The lowest BCUT2D eigenvalue weighted by molar-refractivity contribution is -0.120. The third-order valence-electron chi connectivity index (χ3n) is 2.15. The molecule has 1 aliphatic heterocycles. The molecule has 0 aromatic rings. The summed E-state index contributed by atoms with van der Waals surface area (Å²) in [4.78, 5) is 11.0. The van der Waals surface area contributed by atoms with Gasteiger partial charge in [0.15, 0.2) is 9.84 Å². The number of rotatable bonds is 0. The predicted molar refractivity (Wildman–Crippen MR) is 50.0 cm³/mol. The zero-order chi connectivity index (χ0) is 10.3. The van der Waals surface area contributed by atoms with Crippen molar-refractivity contribution in [3.05, 3.63) is 0 Å². The van der Waals surface area contributed by atoms with Crippen LogP contribution in [-0.4, -0.2) is 31.9 Å². The third kappa shape index (κ3) is 2.69. The van der Waals surface area contributed by atoms with E-state index < -0.39 is 9.84 Å². The van der Waals surface area contributed by atoms with Crippen LogP contribution in [0.4, 0.5) is 0 Å². The Balaban J connectivity index is 2.87. The Kier molecular flexibility index (Phi) is 2.40. The Morgan fingerprint density at radius 2 is 1.92 bits per heavy atom. The molecule has 13 heavy (non-hydrogen) atoms. The topological polar surface area (TPSA) is 63.2 Å². The molecule has 1 N–H and O–H groups in total. The molecule has 5 heteroatoms. The molecule has 1 atom stereocenters. The van der Waals surface area contributed by atoms with E-state index in [0.717, 1.165) is 0 Å². The van der Waals surface area contributed by atoms with Gasteiger partial charge in [-0.05, 0) is 5.41 Å². The highest BCUT2D eigenvalue weighted by Crippen LogP contribution is 2.22. The standard InChI is InChI=1S/C8H15NO3S/c1-8(2,3)6-4-13(11,12)5-7(10)9-6/h6H,4-5H2,1-3H3,(H,9,10). The largest absolute Gasteiger partial charge is 0.351 e. The average molecular weight is 205 g/mol. The first-order valence-electron chi connectivity index (χ1n) is 4.20. The lowest BCUT2D eigenvalue weighted by atomic mass is 9.88. The second kappa shape index (κ2) is 2.97. The van der Waals surface area contributed by atoms with Crippen molar-refractivity contribution in [2.45, 2.75) is 26.8 Å². The smallest absolute Gasteiger partial charge is 0.235 e. The van der Waals surface area contributed by atoms with Crippen LogP contribution in [0.25, 0.3) is 0 Å². The van der Waals surface area contributed by atoms with E-state index in [1.54, 1.807) is 0 Å². The highest BCUT2D eigenvalue weighted by molar-refractivity contribution is 7.92. The van der Waals surface area contributed by atoms with Crippen LogP contribution in [-0.2, 0) is 14.6 Å². The van der Waals surface area contributed by atoms with Gasteiger partial charge in [0.2, 0.25) is 5.91 Å². The van der Waals surface area contributed by atoms with Crippen LogP contribution in [0.2, 0.25) is 0 Å². The lowest BCUT2D eigenvalue weighted by Gasteiger charge is -2.33. The van der Waals surface area contributed by atoms with Crippen LogP contribution in [0.1, 0.15) is 20.8 Å². The first-order valence-corrected chi connectivity index (χ1v) is 6.03. The van der Waals surface area contributed by atoms with Gasteiger partial charge < -0.3 is 5.32 Å². The van der Waals surface area contributed by atoms with Gasteiger partial charge in [0.1, 0.15) is 5.75 Å². The van der Waals surface area contributed by atoms with E-state index >= 15 is 0 Å². The number of hydrogen-bond acceptors (Lipinski definition) is 3. The normalized spacial score (nSPS) is 28.2. The predicted octanol–water partition coefficient (Wildman–Crippen LogP) is -0.0543. The number of amides is 1. The Morgan fingerprint density at radius 3 is 2.31 bits per heavy atom. The molecule has 76 valence electrons. The summed E-state index contributed by atoms with van der Waals surface area (Å²) >= 11 is 0. The molecule has 1 saturated heterocycles. The molecule has 1 amide bonds. The van der Waals surface area contributed by atoms with Crippen molar-refractivity contribution in [3.63, 3.8) is 0 Å². The number of sulfone groups is 1. The number of carbonyl (C=O) groups excluding carboxylic acids is 1. The van der Waals surface area contributed by atoms with Crippen LogP contribution in [0.5, 0.6) is 0 Å². The van der Waals surface area contributed by atoms with Gasteiger partial charge in [0, 0.05) is 6.04 Å². The molecule has 1 aliphatic rings. The van der Waals surface area contributed by atoms with Crippen LogP contribution < -0.4 is 5.32 Å². The van der Waals surface area contributed by atoms with E-state index in [-0.39, 0.29) is 28.9 Å². The molecule has 0 bridgehead atoms. The van der Waals surface area contributed by atoms with Gasteiger partial charge in [-0.3, -0.25) is 4.79 Å². The minimum absolute atomic E-state index is 0.0578. The van der Waals surface area contributed by atoms with Gasteiger partial charge in [-0.2, -0.15) is 0 Å². The fraction of sp³-hybridized carbons (Fsp3) is 0.875. The maximum absolute atomic E-state index is 11.3. The van der Waals surface area contributed by atoms with Crippen LogP contribution in [0.3, 0.4) is 0 Å². The van der Waals surface area contributed by atoms with Crippen LogP contribution in [0.15, 0.2) is 0 Å². The summed E-state index contributed by atoms with van der Waals surface area (Å²) in [6, 6.07) is -0.265. The summed E-state index contributed by atoms with van der Waals surface area (Å²) in [5.74, 6) is -0.687. The van der Waals surface area contributed by atoms with Crippen molar-refractivity contribution in [3.8, 4) is 0 Å². The van der Waals surface area contributed by atoms with Gasteiger partial charge in [0.05, 0.1) is 5.75 Å². The number of carbonyl (C=O) groups is 1. The molecule has 0 spiro atoms. The molecular weight excluding hydrogens is 190 g/mol. The molecule has 1 heterocycles. The Morgan fingerprint density at radius 1 is 1.38 bits per heavy atom. The molecule has 0 saturated carbocycles. The minimum Gasteiger partial charge on any atom is -0.351 e. The molecule has 1 rings (SSSR count). The van der Waals surface area contributed by atoms with Gasteiger partial charge in [0.25, 0.3) is 0 Å². The Hall–Kier alpha value is -0.580. The first kappa shape index (κ1) is 10.5. The van der Waals surface area contributed by atoms with Crippen LogP contribution in [0, 0.1) is 5.41 Å². The Bertz CT molecular complexity index is 313. The van der Waals surface area contributed by atoms with E-state index in [0.29, 0.717) is 0 Å². The maximum atomic E-state index is 11.3. The van der Waals surface area contributed by atoms with Gasteiger partial charge in [-0.1, -0.05) is 20.8 Å². The molecular formula is C8H15NO3S. The molecule has 0 aliphatic carbocycles. The van der Waals surface area contributed by atoms with Crippen molar-refractivity contribution in [2.24, 2.45) is 5.41 Å². The molecule has 0 radical (unpaired) electrons. The fourth-order valence-electron chi connectivity index (χ4n) is 1.26. The summed E-state index contributed by atoms with van der Waals surface area (Å²) in [6.07, 6.45) is 0. The number of hydrogen-bond donors (Lipinski definition) is 1. The zero-order valence-electron chi connectivity index (χ0n) is 8.12. The quantitative estimate of drug-likeness (QED) is 0.603. The molecule has 1 fully saturated rings. The second-order valence-corrected chi connectivity index (χ2v) is 6.65. The van der Waals surface area contributed by atoms with Crippen molar-refractivity contribution >= 4 is 15.7 Å². The van der Waals surface area contributed by atoms with Crippen molar-refractivity contribution in [2.75, 3.05) is 11.5 Å². The highest BCUT2D eigenvalue weighted by atomic mass is 32.2. The zero-order valence-corrected chi connectivity index (χ0v) is 8.94. The monoisotopic (exact) mass is 205 g/mol. The highest BCUT2D eigenvalue weighted by Gasteiger charge is 2.36. The first-order chi connectivity index (χ1) is 5.71. The SMILES string of the molecule is CC(C)(C)C1CS(=O)(=O)CC(=O)N1. The summed E-state index contributed by atoms with van der Waals surface area (Å²) in [5, 5.41) is 2.69. The number of nitrogens with one attached hydrogen (secondary N) is 1. The van der Waals surface area contributed by atoms with Crippen molar-refractivity contribution in [1.29, 1.82) is 0 Å². The van der Waals surface area contributed by atoms with Crippen molar-refractivity contribution < 1.29 is 13.2 Å². The van der Waals surface area contributed by atoms with Gasteiger partial charge in [-0.15, -0.1) is 0 Å². The molecule has 4 nitrogen and oxygen atoms in total. The second-order valence-electron chi connectivity index (χ2n) is 4.54. The summed E-state index contributed by atoms with van der Waals surface area (Å²) in [5.41, 5.74) is -0.205. The van der Waals surface area contributed by atoms with Gasteiger partial charge >= 0.3 is 0 Å². The van der Waals surface area contributed by atoms with Crippen molar-refractivity contribution in [1.82, 2.24) is 5.32 Å². The maximum Gasteiger partial charge on any atom is 0.235 e. The van der Waals surface area contributed by atoms with Gasteiger partial charge in [-0.25, -0.2) is 8.42 Å². The van der Waals surface area contributed by atoms with E-state index in [9.17, 15) is 13.2 Å². The Labute approximate surface area is 78.6 Å². The fourth-order valence-corrected chi connectivity index (χ4v) is 2.95. The molecule has 0 aromatic heterocycles. The van der Waals surface area contributed by atoms with E-state index in [4.69, 9.17) is 0 Å². The molecule has 1 unspecified atom stereocenters. The summed E-state index contributed by atoms with van der Waals surface area (Å²) in [7, 11) is -3.18. The third-order valence-corrected chi connectivity index (χ3v) is 3.70. The average Bonchev–Trinajstić information content (AvgIpc) is 1.79. The lowest BCUT2D eigenvalue weighted by Crippen LogP contribution is -2.54. The van der Waals surface area contributed by atoms with Crippen LogP contribution >= 0.6 is 0 Å².